The van der Waals surface area contributed by atoms with Crippen LogP contribution >= 0.6 is 0 Å². The molecule has 0 fully saturated rings. The van der Waals surface area contributed by atoms with Crippen molar-refractivity contribution in [1.29, 1.82) is 0 Å². The van der Waals surface area contributed by atoms with E-state index in [1.807, 2.05) is 55.5 Å². The maximum absolute atomic E-state index is 12.1. The maximum Gasteiger partial charge on any atom is 0.236 e. The van der Waals surface area contributed by atoms with Crippen molar-refractivity contribution < 1.29 is 4.79 Å². The predicted octanol–water partition coefficient (Wildman–Crippen LogP) is 4.53. The molecule has 2 aromatic carbocycles. The van der Waals surface area contributed by atoms with Crippen LogP contribution < -0.4 is 0 Å². The second-order valence-corrected chi connectivity index (χ2v) is 6.27. The summed E-state index contributed by atoms with van der Waals surface area (Å²) in [6, 6.07) is 15.6. The van der Waals surface area contributed by atoms with E-state index in [0.29, 0.717) is 5.56 Å². The third-order valence-electron chi connectivity index (χ3n) is 3.39. The minimum Gasteiger partial charge on any atom is -0.279 e. The molecule has 106 valence electrons. The van der Waals surface area contributed by atoms with Gasteiger partial charge in [-0.1, -0.05) is 68.7 Å². The highest BCUT2D eigenvalue weighted by Gasteiger charge is 2.13. The first-order chi connectivity index (χ1) is 9.86. The molecule has 0 atom stereocenters. The Balaban J connectivity index is 2.16. The van der Waals surface area contributed by atoms with Gasteiger partial charge in [-0.25, -0.2) is 0 Å². The van der Waals surface area contributed by atoms with E-state index in [0.717, 1.165) is 5.56 Å². The van der Waals surface area contributed by atoms with Gasteiger partial charge in [0.05, 0.1) is 0 Å². The van der Waals surface area contributed by atoms with Crippen molar-refractivity contribution in [2.24, 2.45) is 0 Å². The van der Waals surface area contributed by atoms with Gasteiger partial charge in [-0.15, -0.1) is 0 Å². The topological polar surface area (TPSA) is 17.1 Å². The van der Waals surface area contributed by atoms with E-state index in [9.17, 15) is 4.79 Å². The number of benzene rings is 2. The van der Waals surface area contributed by atoms with Crippen LogP contribution in [0.1, 0.15) is 47.8 Å². The average Bonchev–Trinajstić information content (AvgIpc) is 2.45. The van der Waals surface area contributed by atoms with Crippen molar-refractivity contribution in [3.05, 3.63) is 70.8 Å². The van der Waals surface area contributed by atoms with Gasteiger partial charge in [0.1, 0.15) is 0 Å². The lowest BCUT2D eigenvalue weighted by molar-refractivity contribution is 0.105. The number of carbonyl (C=O) groups excluding carboxylic acids is 1. The van der Waals surface area contributed by atoms with Crippen LogP contribution in [0.15, 0.2) is 48.5 Å². The fourth-order valence-corrected chi connectivity index (χ4v) is 1.96. The van der Waals surface area contributed by atoms with Gasteiger partial charge in [-0.2, -0.15) is 0 Å². The first kappa shape index (κ1) is 15.1. The number of carbonyl (C=O) groups is 1. The molecule has 0 aliphatic carbocycles. The molecule has 2 aromatic rings. The summed E-state index contributed by atoms with van der Waals surface area (Å²) >= 11 is 0. The van der Waals surface area contributed by atoms with Gasteiger partial charge in [-0.05, 0) is 36.0 Å². The molecule has 0 spiro atoms. The third-order valence-corrected chi connectivity index (χ3v) is 3.39. The van der Waals surface area contributed by atoms with Crippen LogP contribution in [0.25, 0.3) is 0 Å². The van der Waals surface area contributed by atoms with E-state index >= 15 is 0 Å². The van der Waals surface area contributed by atoms with Crippen LogP contribution in [-0.2, 0) is 5.41 Å². The molecule has 0 saturated carbocycles. The SMILES string of the molecule is Cc1ccc(C#CC(=O)c2ccc(C(C)(C)C)cc2)cc1. The van der Waals surface area contributed by atoms with Gasteiger partial charge < -0.3 is 0 Å². The van der Waals surface area contributed by atoms with Crippen molar-refractivity contribution in [3.63, 3.8) is 0 Å². The first-order valence-corrected chi connectivity index (χ1v) is 7.10. The summed E-state index contributed by atoms with van der Waals surface area (Å²) in [5.74, 6) is 5.48. The minimum absolute atomic E-state index is 0.0924. The smallest absolute Gasteiger partial charge is 0.236 e. The maximum atomic E-state index is 12.1. The Bertz CT molecular complexity index is 687. The summed E-state index contributed by atoms with van der Waals surface area (Å²) in [7, 11) is 0. The molecule has 0 heterocycles. The molecule has 0 aliphatic rings. The zero-order valence-corrected chi connectivity index (χ0v) is 13.0. The molecule has 0 amide bonds. The number of hydrogen-bond donors (Lipinski definition) is 0. The van der Waals surface area contributed by atoms with E-state index in [4.69, 9.17) is 0 Å². The Labute approximate surface area is 127 Å². The molecule has 1 heteroatoms. The zero-order chi connectivity index (χ0) is 15.5. The summed E-state index contributed by atoms with van der Waals surface area (Å²) in [5.41, 5.74) is 3.99. The normalized spacial score (nSPS) is 10.7. The Kier molecular flexibility index (Phi) is 4.29. The third kappa shape index (κ3) is 4.07. The molecule has 0 unspecified atom stereocenters. The number of hydrogen-bond acceptors (Lipinski definition) is 1. The molecule has 2 rings (SSSR count). The zero-order valence-electron chi connectivity index (χ0n) is 13.0. The lowest BCUT2D eigenvalue weighted by Gasteiger charge is -2.18. The van der Waals surface area contributed by atoms with Gasteiger partial charge in [-0.3, -0.25) is 4.79 Å². The van der Waals surface area contributed by atoms with Crippen LogP contribution in [0, 0.1) is 18.8 Å². The molecular weight excluding hydrogens is 256 g/mol. The van der Waals surface area contributed by atoms with Gasteiger partial charge in [0.2, 0.25) is 5.78 Å². The van der Waals surface area contributed by atoms with Crippen LogP contribution in [0.4, 0.5) is 0 Å². The second-order valence-electron chi connectivity index (χ2n) is 6.27. The highest BCUT2D eigenvalue weighted by atomic mass is 16.1. The number of Topliss-reactive ketones (excluding diaryl/α,β-unsaturated/α-hetero) is 1. The van der Waals surface area contributed by atoms with Crippen LogP contribution in [0.2, 0.25) is 0 Å². The number of aryl methyl sites for hydroxylation is 1. The molecule has 0 bridgehead atoms. The van der Waals surface area contributed by atoms with Gasteiger partial charge in [0, 0.05) is 11.1 Å². The summed E-state index contributed by atoms with van der Waals surface area (Å²) in [5, 5.41) is 0. The quantitative estimate of drug-likeness (QED) is 0.552. The predicted molar refractivity (Wildman–Crippen MR) is 87.5 cm³/mol. The molecule has 0 radical (unpaired) electrons. The van der Waals surface area contributed by atoms with Crippen molar-refractivity contribution in [3.8, 4) is 11.8 Å². The van der Waals surface area contributed by atoms with Crippen LogP contribution in [0.5, 0.6) is 0 Å². The summed E-state index contributed by atoms with van der Waals surface area (Å²) < 4.78 is 0. The Hall–Kier alpha value is -2.33. The second kappa shape index (κ2) is 5.97. The first-order valence-electron chi connectivity index (χ1n) is 7.10. The van der Waals surface area contributed by atoms with Crippen LogP contribution in [-0.4, -0.2) is 5.78 Å². The van der Waals surface area contributed by atoms with E-state index in [1.165, 1.54) is 11.1 Å². The largest absolute Gasteiger partial charge is 0.279 e. The van der Waals surface area contributed by atoms with E-state index < -0.39 is 0 Å². The van der Waals surface area contributed by atoms with E-state index in [1.54, 1.807) is 0 Å². The number of ketones is 1. The van der Waals surface area contributed by atoms with Crippen LogP contribution in [0.3, 0.4) is 0 Å². The monoisotopic (exact) mass is 276 g/mol. The van der Waals surface area contributed by atoms with Crippen molar-refractivity contribution >= 4 is 5.78 Å². The fourth-order valence-electron chi connectivity index (χ4n) is 1.96. The molecular formula is C20H20O. The Morgan fingerprint density at radius 3 is 2.00 bits per heavy atom. The fraction of sp³-hybridized carbons (Fsp3) is 0.250. The summed E-state index contributed by atoms with van der Waals surface area (Å²) in [4.78, 5) is 12.1. The molecule has 1 nitrogen and oxygen atoms in total. The number of rotatable bonds is 1. The lowest BCUT2D eigenvalue weighted by Crippen LogP contribution is -2.11. The summed E-state index contributed by atoms with van der Waals surface area (Å²) in [6.45, 7) is 8.49. The Morgan fingerprint density at radius 1 is 0.905 bits per heavy atom. The molecule has 0 aromatic heterocycles. The van der Waals surface area contributed by atoms with E-state index in [2.05, 4.69) is 32.6 Å². The summed E-state index contributed by atoms with van der Waals surface area (Å²) in [6.07, 6.45) is 0. The standard InChI is InChI=1S/C20H20O/c1-15-5-7-16(8-6-15)9-14-19(21)17-10-12-18(13-11-17)20(2,3)4/h5-8,10-13H,1-4H3. The van der Waals surface area contributed by atoms with Crippen molar-refractivity contribution in [2.75, 3.05) is 0 Å². The minimum atomic E-state index is -0.143. The van der Waals surface area contributed by atoms with Gasteiger partial charge in [0.15, 0.2) is 0 Å². The van der Waals surface area contributed by atoms with Gasteiger partial charge >= 0.3 is 0 Å². The highest BCUT2D eigenvalue weighted by Crippen LogP contribution is 2.22. The molecule has 0 N–H and O–H groups in total. The highest BCUT2D eigenvalue weighted by molar-refractivity contribution is 6.09. The molecule has 0 aliphatic heterocycles. The van der Waals surface area contributed by atoms with Crippen molar-refractivity contribution in [2.45, 2.75) is 33.1 Å². The average molecular weight is 276 g/mol. The lowest BCUT2D eigenvalue weighted by atomic mass is 9.86. The molecule has 0 saturated heterocycles. The Morgan fingerprint density at radius 2 is 1.48 bits per heavy atom. The van der Waals surface area contributed by atoms with E-state index in [-0.39, 0.29) is 11.2 Å². The molecule has 21 heavy (non-hydrogen) atoms. The van der Waals surface area contributed by atoms with Crippen molar-refractivity contribution in [1.82, 2.24) is 0 Å². The van der Waals surface area contributed by atoms with Gasteiger partial charge in [0.25, 0.3) is 0 Å².